The number of halogens is 1. The lowest BCUT2D eigenvalue weighted by molar-refractivity contribution is -0.141. The minimum atomic E-state index is -0.606. The van der Waals surface area contributed by atoms with E-state index in [-0.39, 0.29) is 18.2 Å². The van der Waals surface area contributed by atoms with Crippen LogP contribution in [0, 0.1) is 6.92 Å². The summed E-state index contributed by atoms with van der Waals surface area (Å²) in [5, 5.41) is 3.58. The van der Waals surface area contributed by atoms with Crippen molar-refractivity contribution in [2.75, 3.05) is 6.54 Å². The molecule has 0 radical (unpaired) electrons. The van der Waals surface area contributed by atoms with Gasteiger partial charge >= 0.3 is 0 Å². The molecule has 1 atom stereocenters. The van der Waals surface area contributed by atoms with E-state index in [1.165, 1.54) is 0 Å². The van der Waals surface area contributed by atoms with E-state index in [4.69, 9.17) is 11.6 Å². The Bertz CT molecular complexity index is 1070. The number of carbonyl (C=O) groups excluding carboxylic acids is 2. The number of nitrogens with zero attached hydrogens (tertiary/aromatic N) is 1. The molecular formula is C28H31ClN2O2. The first-order valence-corrected chi connectivity index (χ1v) is 11.8. The molecule has 0 fully saturated rings. The molecule has 0 saturated heterocycles. The van der Waals surface area contributed by atoms with Crippen LogP contribution in [0.15, 0.2) is 78.9 Å². The molecule has 0 aliphatic carbocycles. The van der Waals surface area contributed by atoms with E-state index in [9.17, 15) is 9.59 Å². The van der Waals surface area contributed by atoms with Crippen LogP contribution in [0.1, 0.15) is 35.6 Å². The second-order valence-corrected chi connectivity index (χ2v) is 8.55. The van der Waals surface area contributed by atoms with E-state index in [0.29, 0.717) is 31.0 Å². The lowest BCUT2D eigenvalue weighted by Gasteiger charge is -2.32. The Kier molecular flexibility index (Phi) is 9.08. The molecule has 0 bridgehead atoms. The number of benzene rings is 3. The molecule has 0 aliphatic rings. The molecule has 0 aromatic heterocycles. The van der Waals surface area contributed by atoms with E-state index in [2.05, 4.69) is 5.32 Å². The largest absolute Gasteiger partial charge is 0.355 e. The maximum absolute atomic E-state index is 13.6. The molecule has 3 aromatic carbocycles. The third-order valence-electron chi connectivity index (χ3n) is 5.79. The zero-order valence-electron chi connectivity index (χ0n) is 19.3. The predicted molar refractivity (Wildman–Crippen MR) is 134 cm³/mol. The van der Waals surface area contributed by atoms with Crippen molar-refractivity contribution in [3.05, 3.63) is 106 Å². The van der Waals surface area contributed by atoms with Gasteiger partial charge in [0.15, 0.2) is 0 Å². The second-order valence-electron chi connectivity index (χ2n) is 8.14. The van der Waals surface area contributed by atoms with E-state index in [1.54, 1.807) is 4.90 Å². The molecule has 3 rings (SSSR count). The number of amides is 2. The molecule has 172 valence electrons. The van der Waals surface area contributed by atoms with Crippen molar-refractivity contribution < 1.29 is 9.59 Å². The van der Waals surface area contributed by atoms with E-state index in [0.717, 1.165) is 22.3 Å². The fraction of sp³-hybridized carbons (Fsp3) is 0.286. The summed E-state index contributed by atoms with van der Waals surface area (Å²) in [7, 11) is 0. The Morgan fingerprint density at radius 3 is 2.21 bits per heavy atom. The first-order valence-electron chi connectivity index (χ1n) is 11.4. The average molecular weight is 463 g/mol. The van der Waals surface area contributed by atoms with Crippen LogP contribution < -0.4 is 5.32 Å². The van der Waals surface area contributed by atoms with Crippen LogP contribution >= 0.6 is 11.6 Å². The molecule has 0 saturated carbocycles. The average Bonchev–Trinajstić information content (AvgIpc) is 2.82. The van der Waals surface area contributed by atoms with Gasteiger partial charge < -0.3 is 10.2 Å². The highest BCUT2D eigenvalue weighted by molar-refractivity contribution is 6.31. The highest BCUT2D eigenvalue weighted by Crippen LogP contribution is 2.21. The Morgan fingerprint density at radius 2 is 1.55 bits per heavy atom. The molecule has 0 aliphatic heterocycles. The molecule has 0 spiro atoms. The van der Waals surface area contributed by atoms with Crippen molar-refractivity contribution >= 4 is 23.4 Å². The minimum Gasteiger partial charge on any atom is -0.355 e. The second kappa shape index (κ2) is 12.2. The number of rotatable bonds is 10. The highest BCUT2D eigenvalue weighted by atomic mass is 35.5. The van der Waals surface area contributed by atoms with Gasteiger partial charge in [-0.3, -0.25) is 9.59 Å². The SMILES string of the molecule is CCNC(=O)[C@H](Cc1ccccc1)N(Cc1ccccc1C)C(=O)CCc1ccccc1Cl. The van der Waals surface area contributed by atoms with Crippen molar-refractivity contribution in [2.45, 2.75) is 45.7 Å². The maximum atomic E-state index is 13.6. The summed E-state index contributed by atoms with van der Waals surface area (Å²) in [5.74, 6) is -0.202. The summed E-state index contributed by atoms with van der Waals surface area (Å²) in [6.07, 6.45) is 1.26. The highest BCUT2D eigenvalue weighted by Gasteiger charge is 2.30. The van der Waals surface area contributed by atoms with Gasteiger partial charge in [0, 0.05) is 31.0 Å². The van der Waals surface area contributed by atoms with Gasteiger partial charge in [-0.25, -0.2) is 0 Å². The van der Waals surface area contributed by atoms with Gasteiger partial charge in [0.25, 0.3) is 0 Å². The number of carbonyl (C=O) groups is 2. The van der Waals surface area contributed by atoms with Crippen LogP contribution in [0.4, 0.5) is 0 Å². The van der Waals surface area contributed by atoms with Crippen LogP contribution in [0.2, 0.25) is 5.02 Å². The molecule has 5 heteroatoms. The van der Waals surface area contributed by atoms with Crippen molar-refractivity contribution in [3.63, 3.8) is 0 Å². The summed E-state index contributed by atoms with van der Waals surface area (Å²) in [4.78, 5) is 28.5. The number of hydrogen-bond acceptors (Lipinski definition) is 2. The van der Waals surface area contributed by atoms with E-state index >= 15 is 0 Å². The zero-order chi connectivity index (χ0) is 23.6. The van der Waals surface area contributed by atoms with Crippen molar-refractivity contribution in [1.29, 1.82) is 0 Å². The van der Waals surface area contributed by atoms with Gasteiger partial charge in [-0.1, -0.05) is 84.4 Å². The predicted octanol–water partition coefficient (Wildman–Crippen LogP) is 5.36. The summed E-state index contributed by atoms with van der Waals surface area (Å²) in [5.41, 5.74) is 4.07. The zero-order valence-corrected chi connectivity index (χ0v) is 20.0. The van der Waals surface area contributed by atoms with Crippen LogP contribution in [-0.2, 0) is 29.0 Å². The normalized spacial score (nSPS) is 11.6. The Labute approximate surface area is 201 Å². The first kappa shape index (κ1) is 24.5. The lowest BCUT2D eigenvalue weighted by Crippen LogP contribution is -2.50. The van der Waals surface area contributed by atoms with Crippen molar-refractivity contribution in [1.82, 2.24) is 10.2 Å². The number of nitrogens with one attached hydrogen (secondary N) is 1. The van der Waals surface area contributed by atoms with Gasteiger partial charge in [0.05, 0.1) is 0 Å². The summed E-state index contributed by atoms with van der Waals surface area (Å²) < 4.78 is 0. The first-order chi connectivity index (χ1) is 16.0. The molecular weight excluding hydrogens is 432 g/mol. The molecule has 4 nitrogen and oxygen atoms in total. The topological polar surface area (TPSA) is 49.4 Å². The van der Waals surface area contributed by atoms with Gasteiger partial charge in [0.1, 0.15) is 6.04 Å². The van der Waals surface area contributed by atoms with Crippen LogP contribution in [0.3, 0.4) is 0 Å². The number of hydrogen-bond donors (Lipinski definition) is 1. The fourth-order valence-electron chi connectivity index (χ4n) is 3.90. The summed E-state index contributed by atoms with van der Waals surface area (Å²) >= 11 is 6.31. The molecule has 33 heavy (non-hydrogen) atoms. The molecule has 3 aromatic rings. The maximum Gasteiger partial charge on any atom is 0.243 e. The van der Waals surface area contributed by atoms with Crippen molar-refractivity contribution in [2.24, 2.45) is 0 Å². The summed E-state index contributed by atoms with van der Waals surface area (Å²) in [6.45, 7) is 4.81. The quantitative estimate of drug-likeness (QED) is 0.441. The fourth-order valence-corrected chi connectivity index (χ4v) is 4.13. The smallest absolute Gasteiger partial charge is 0.243 e. The minimum absolute atomic E-state index is 0.0645. The number of aryl methyl sites for hydroxylation is 2. The summed E-state index contributed by atoms with van der Waals surface area (Å²) in [6, 6.07) is 24.8. The third-order valence-corrected chi connectivity index (χ3v) is 6.16. The third kappa shape index (κ3) is 6.93. The van der Waals surface area contributed by atoms with E-state index in [1.807, 2.05) is 92.7 Å². The van der Waals surface area contributed by atoms with Crippen molar-refractivity contribution in [3.8, 4) is 0 Å². The molecule has 0 unspecified atom stereocenters. The van der Waals surface area contributed by atoms with E-state index < -0.39 is 6.04 Å². The van der Waals surface area contributed by atoms with Gasteiger partial charge in [-0.15, -0.1) is 0 Å². The lowest BCUT2D eigenvalue weighted by atomic mass is 10.0. The van der Waals surface area contributed by atoms with Gasteiger partial charge in [-0.05, 0) is 48.6 Å². The Hall–Kier alpha value is -3.11. The van der Waals surface area contributed by atoms with Gasteiger partial charge in [0.2, 0.25) is 11.8 Å². The number of likely N-dealkylation sites (N-methyl/N-ethyl adjacent to an activating group) is 1. The Balaban J connectivity index is 1.91. The van der Waals surface area contributed by atoms with Crippen LogP contribution in [0.5, 0.6) is 0 Å². The molecule has 0 heterocycles. The Morgan fingerprint density at radius 1 is 0.909 bits per heavy atom. The molecule has 2 amide bonds. The monoisotopic (exact) mass is 462 g/mol. The molecule has 1 N–H and O–H groups in total. The standard InChI is InChI=1S/C28H31ClN2O2/c1-3-30-28(33)26(19-22-12-5-4-6-13-22)31(20-24-15-8-7-11-21(24)2)27(32)18-17-23-14-9-10-16-25(23)29/h4-16,26H,3,17-20H2,1-2H3,(H,30,33)/t26-/m0/s1. The van der Waals surface area contributed by atoms with Crippen LogP contribution in [-0.4, -0.2) is 29.3 Å². The van der Waals surface area contributed by atoms with Crippen LogP contribution in [0.25, 0.3) is 0 Å². The van der Waals surface area contributed by atoms with Gasteiger partial charge in [-0.2, -0.15) is 0 Å².